The molecule has 25 heavy (non-hydrogen) atoms. The van der Waals surface area contributed by atoms with Crippen molar-refractivity contribution in [3.8, 4) is 0 Å². The number of pyridine rings is 2. The van der Waals surface area contributed by atoms with Crippen LogP contribution in [0.4, 0.5) is 17.5 Å². The SMILES string of the molecule is Cc1cc(Nc2nc(NCc3cccnc3)cc3ccccc23)n[nH]1. The molecular formula is C19H18N6. The van der Waals surface area contributed by atoms with Gasteiger partial charge in [0.25, 0.3) is 0 Å². The molecule has 0 amide bonds. The number of rotatable bonds is 5. The minimum atomic E-state index is 0.667. The average Bonchev–Trinajstić information content (AvgIpc) is 3.06. The summed E-state index contributed by atoms with van der Waals surface area (Å²) in [7, 11) is 0. The van der Waals surface area contributed by atoms with Crippen molar-refractivity contribution >= 4 is 28.2 Å². The zero-order valence-corrected chi connectivity index (χ0v) is 13.8. The van der Waals surface area contributed by atoms with Crippen molar-refractivity contribution in [3.05, 3.63) is 72.2 Å². The first-order chi connectivity index (χ1) is 12.3. The number of benzene rings is 1. The summed E-state index contributed by atoms with van der Waals surface area (Å²) in [6.45, 7) is 2.63. The lowest BCUT2D eigenvalue weighted by molar-refractivity contribution is 1.05. The van der Waals surface area contributed by atoms with Crippen LogP contribution >= 0.6 is 0 Å². The van der Waals surface area contributed by atoms with Gasteiger partial charge >= 0.3 is 0 Å². The van der Waals surface area contributed by atoms with E-state index in [0.29, 0.717) is 6.54 Å². The lowest BCUT2D eigenvalue weighted by Crippen LogP contribution is -2.04. The molecule has 0 aliphatic carbocycles. The molecule has 0 atom stereocenters. The molecule has 124 valence electrons. The monoisotopic (exact) mass is 330 g/mol. The van der Waals surface area contributed by atoms with Gasteiger partial charge in [0.15, 0.2) is 5.82 Å². The molecule has 3 aromatic heterocycles. The van der Waals surface area contributed by atoms with E-state index in [1.807, 2.05) is 49.5 Å². The third-order valence-corrected chi connectivity index (χ3v) is 3.89. The quantitative estimate of drug-likeness (QED) is 0.515. The molecule has 3 N–H and O–H groups in total. The summed E-state index contributed by atoms with van der Waals surface area (Å²) in [6, 6.07) is 16.1. The zero-order chi connectivity index (χ0) is 17.1. The van der Waals surface area contributed by atoms with Crippen molar-refractivity contribution in [1.82, 2.24) is 20.2 Å². The van der Waals surface area contributed by atoms with Crippen molar-refractivity contribution < 1.29 is 0 Å². The fourth-order valence-electron chi connectivity index (χ4n) is 2.68. The van der Waals surface area contributed by atoms with E-state index in [1.165, 1.54) is 0 Å². The van der Waals surface area contributed by atoms with Crippen molar-refractivity contribution in [1.29, 1.82) is 0 Å². The van der Waals surface area contributed by atoms with Gasteiger partial charge in [-0.3, -0.25) is 10.1 Å². The molecule has 0 saturated carbocycles. The van der Waals surface area contributed by atoms with Gasteiger partial charge in [0.2, 0.25) is 0 Å². The topological polar surface area (TPSA) is 78.5 Å². The van der Waals surface area contributed by atoms with Crippen molar-refractivity contribution in [2.24, 2.45) is 0 Å². The fraction of sp³-hybridized carbons (Fsp3) is 0.105. The van der Waals surface area contributed by atoms with Crippen LogP contribution < -0.4 is 10.6 Å². The van der Waals surface area contributed by atoms with Crippen molar-refractivity contribution in [2.45, 2.75) is 13.5 Å². The molecule has 4 aromatic rings. The second-order valence-electron chi connectivity index (χ2n) is 5.85. The van der Waals surface area contributed by atoms with Crippen LogP contribution in [0.2, 0.25) is 0 Å². The lowest BCUT2D eigenvalue weighted by Gasteiger charge is -2.11. The number of H-pyrrole nitrogens is 1. The molecule has 0 radical (unpaired) electrons. The van der Waals surface area contributed by atoms with E-state index in [0.717, 1.165) is 39.5 Å². The summed E-state index contributed by atoms with van der Waals surface area (Å²) in [5, 5.41) is 16.0. The standard InChI is InChI=1S/C19H18N6/c1-13-9-18(25-24-13)23-19-16-7-3-2-6-15(16)10-17(22-19)21-12-14-5-4-8-20-11-14/h2-11H,12H2,1H3,(H3,21,22,23,24,25). The van der Waals surface area contributed by atoms with E-state index in [4.69, 9.17) is 4.98 Å². The minimum absolute atomic E-state index is 0.667. The van der Waals surface area contributed by atoms with E-state index in [2.05, 4.69) is 37.9 Å². The van der Waals surface area contributed by atoms with Gasteiger partial charge in [-0.25, -0.2) is 4.98 Å². The van der Waals surface area contributed by atoms with Gasteiger partial charge in [-0.1, -0.05) is 30.3 Å². The Kier molecular flexibility index (Phi) is 4.00. The highest BCUT2D eigenvalue weighted by Crippen LogP contribution is 2.27. The maximum Gasteiger partial charge on any atom is 0.153 e. The number of hydrogen-bond acceptors (Lipinski definition) is 5. The highest BCUT2D eigenvalue weighted by atomic mass is 15.2. The number of anilines is 3. The zero-order valence-electron chi connectivity index (χ0n) is 13.8. The predicted octanol–water partition coefficient (Wildman–Crippen LogP) is 4.02. The first-order valence-corrected chi connectivity index (χ1v) is 8.09. The molecule has 0 spiro atoms. The van der Waals surface area contributed by atoms with Crippen LogP contribution in [-0.2, 0) is 6.54 Å². The van der Waals surface area contributed by atoms with Crippen LogP contribution in [-0.4, -0.2) is 20.2 Å². The second kappa shape index (κ2) is 6.60. The van der Waals surface area contributed by atoms with Crippen LogP contribution in [0, 0.1) is 6.92 Å². The summed E-state index contributed by atoms with van der Waals surface area (Å²) in [5.74, 6) is 2.33. The Labute approximate surface area is 145 Å². The molecule has 0 unspecified atom stereocenters. The summed E-state index contributed by atoms with van der Waals surface area (Å²) in [4.78, 5) is 8.86. The minimum Gasteiger partial charge on any atom is -0.366 e. The Morgan fingerprint density at radius 2 is 1.96 bits per heavy atom. The molecule has 0 aliphatic rings. The van der Waals surface area contributed by atoms with E-state index in [-0.39, 0.29) is 0 Å². The van der Waals surface area contributed by atoms with Crippen LogP contribution in [0.3, 0.4) is 0 Å². The van der Waals surface area contributed by atoms with Gasteiger partial charge in [-0.2, -0.15) is 5.10 Å². The van der Waals surface area contributed by atoms with Crippen molar-refractivity contribution in [3.63, 3.8) is 0 Å². The Balaban J connectivity index is 1.65. The molecule has 1 aromatic carbocycles. The van der Waals surface area contributed by atoms with E-state index in [1.54, 1.807) is 6.20 Å². The summed E-state index contributed by atoms with van der Waals surface area (Å²) < 4.78 is 0. The number of nitrogens with zero attached hydrogens (tertiary/aromatic N) is 3. The van der Waals surface area contributed by atoms with E-state index < -0.39 is 0 Å². The predicted molar refractivity (Wildman–Crippen MR) is 99.9 cm³/mol. The smallest absolute Gasteiger partial charge is 0.153 e. The highest BCUT2D eigenvalue weighted by Gasteiger charge is 2.08. The third kappa shape index (κ3) is 3.42. The van der Waals surface area contributed by atoms with Crippen LogP contribution in [0.15, 0.2) is 60.9 Å². The molecule has 0 aliphatic heterocycles. The average molecular weight is 330 g/mol. The Morgan fingerprint density at radius 3 is 2.76 bits per heavy atom. The summed E-state index contributed by atoms with van der Waals surface area (Å²) >= 11 is 0. The van der Waals surface area contributed by atoms with Gasteiger partial charge in [0, 0.05) is 36.1 Å². The summed E-state index contributed by atoms with van der Waals surface area (Å²) in [5.41, 5.74) is 2.10. The maximum absolute atomic E-state index is 4.72. The molecule has 6 nitrogen and oxygen atoms in total. The van der Waals surface area contributed by atoms with Crippen LogP contribution in [0.1, 0.15) is 11.3 Å². The van der Waals surface area contributed by atoms with Crippen molar-refractivity contribution in [2.75, 3.05) is 10.6 Å². The Hall–Kier alpha value is -3.41. The normalized spacial score (nSPS) is 10.8. The van der Waals surface area contributed by atoms with Crippen LogP contribution in [0.5, 0.6) is 0 Å². The lowest BCUT2D eigenvalue weighted by atomic mass is 10.1. The van der Waals surface area contributed by atoms with Crippen LogP contribution in [0.25, 0.3) is 10.8 Å². The van der Waals surface area contributed by atoms with Gasteiger partial charge in [0.05, 0.1) is 0 Å². The van der Waals surface area contributed by atoms with Gasteiger partial charge in [-0.05, 0) is 30.0 Å². The molecular weight excluding hydrogens is 312 g/mol. The van der Waals surface area contributed by atoms with E-state index in [9.17, 15) is 0 Å². The number of nitrogens with one attached hydrogen (secondary N) is 3. The largest absolute Gasteiger partial charge is 0.366 e. The van der Waals surface area contributed by atoms with E-state index >= 15 is 0 Å². The van der Waals surface area contributed by atoms with Gasteiger partial charge in [0.1, 0.15) is 11.6 Å². The Bertz CT molecular complexity index is 993. The number of hydrogen-bond donors (Lipinski definition) is 3. The molecule has 6 heteroatoms. The first kappa shape index (κ1) is 15.1. The maximum atomic E-state index is 4.72. The van der Waals surface area contributed by atoms with Gasteiger partial charge < -0.3 is 10.6 Å². The number of aromatic amines is 1. The number of fused-ring (bicyclic) bond motifs is 1. The Morgan fingerprint density at radius 1 is 1.04 bits per heavy atom. The number of aromatic nitrogens is 4. The fourth-order valence-corrected chi connectivity index (χ4v) is 2.68. The first-order valence-electron chi connectivity index (χ1n) is 8.09. The highest BCUT2D eigenvalue weighted by molar-refractivity contribution is 5.94. The van der Waals surface area contributed by atoms with Gasteiger partial charge in [-0.15, -0.1) is 0 Å². The molecule has 4 rings (SSSR count). The molecule has 3 heterocycles. The molecule has 0 fully saturated rings. The summed E-state index contributed by atoms with van der Waals surface area (Å²) in [6.07, 6.45) is 3.62. The molecule has 0 bridgehead atoms. The number of aryl methyl sites for hydroxylation is 1. The molecule has 0 saturated heterocycles. The third-order valence-electron chi connectivity index (χ3n) is 3.89. The second-order valence-corrected chi connectivity index (χ2v) is 5.85.